The van der Waals surface area contributed by atoms with Crippen molar-refractivity contribution >= 4 is 17.9 Å². The number of rotatable bonds is 14. The van der Waals surface area contributed by atoms with Crippen molar-refractivity contribution in [1.82, 2.24) is 15.3 Å². The summed E-state index contributed by atoms with van der Waals surface area (Å²) in [7, 11) is 0. The number of nitrogens with one attached hydrogen (secondary N) is 2. The Hall–Kier alpha value is -5.12. The summed E-state index contributed by atoms with van der Waals surface area (Å²) in [6, 6.07) is 26.2. The molecule has 0 aliphatic rings. The van der Waals surface area contributed by atoms with Crippen molar-refractivity contribution in [1.29, 1.82) is 0 Å². The fourth-order valence-electron chi connectivity index (χ4n) is 4.31. The van der Waals surface area contributed by atoms with E-state index in [1.165, 1.54) is 6.33 Å². The molecule has 236 valence electrons. The summed E-state index contributed by atoms with van der Waals surface area (Å²) in [5.41, 5.74) is 2.96. The number of aromatic nitrogens is 2. The molecule has 1 atom stereocenters. The lowest BCUT2D eigenvalue weighted by atomic mass is 10.1. The number of benzene rings is 3. The van der Waals surface area contributed by atoms with Crippen molar-refractivity contribution in [3.63, 3.8) is 0 Å². The second kappa shape index (κ2) is 16.1. The minimum atomic E-state index is -0.703. The molecule has 0 saturated carbocycles. The molecule has 0 aliphatic carbocycles. The first-order chi connectivity index (χ1) is 21.7. The quantitative estimate of drug-likeness (QED) is 0.126. The molecule has 1 unspecified atom stereocenters. The van der Waals surface area contributed by atoms with Gasteiger partial charge in [0.25, 0.3) is 0 Å². The molecule has 0 bridgehead atoms. The monoisotopic (exact) mass is 612 g/mol. The fourth-order valence-corrected chi connectivity index (χ4v) is 4.31. The number of hydrogen-bond acceptors (Lipinski definition) is 9. The molecular formula is C35H40N4O6. The van der Waals surface area contributed by atoms with E-state index in [1.807, 2.05) is 78.9 Å². The number of ether oxygens (including phenoxy) is 4. The number of carbonyl (C=O) groups is 2. The average molecular weight is 613 g/mol. The molecule has 0 spiro atoms. The second-order valence-electron chi connectivity index (χ2n) is 11.2. The van der Waals surface area contributed by atoms with Crippen molar-refractivity contribution in [3.8, 4) is 22.8 Å². The molecule has 1 heterocycles. The summed E-state index contributed by atoms with van der Waals surface area (Å²) in [5.74, 6) is 1.46. The molecule has 10 nitrogen and oxygen atoms in total. The summed E-state index contributed by atoms with van der Waals surface area (Å²) in [4.78, 5) is 33.6. The molecule has 4 rings (SSSR count). The third-order valence-corrected chi connectivity index (χ3v) is 6.34. The Morgan fingerprint density at radius 1 is 0.844 bits per heavy atom. The van der Waals surface area contributed by atoms with E-state index in [9.17, 15) is 9.59 Å². The Balaban J connectivity index is 1.37. The number of esters is 1. The molecule has 45 heavy (non-hydrogen) atoms. The predicted octanol–water partition coefficient (Wildman–Crippen LogP) is 6.21. The van der Waals surface area contributed by atoms with Crippen molar-refractivity contribution in [2.75, 3.05) is 25.1 Å². The molecule has 0 fully saturated rings. The van der Waals surface area contributed by atoms with Crippen LogP contribution in [0, 0.1) is 0 Å². The lowest BCUT2D eigenvalue weighted by Crippen LogP contribution is -2.34. The first kappa shape index (κ1) is 32.8. The van der Waals surface area contributed by atoms with E-state index in [1.54, 1.807) is 33.8 Å². The minimum Gasteiger partial charge on any atom is -0.492 e. The second-order valence-corrected chi connectivity index (χ2v) is 11.2. The number of amides is 1. The number of alkyl carbamates (subject to hydrolysis) is 1. The Morgan fingerprint density at radius 3 is 2.33 bits per heavy atom. The molecule has 2 N–H and O–H groups in total. The van der Waals surface area contributed by atoms with E-state index in [0.29, 0.717) is 30.3 Å². The molecule has 0 saturated heterocycles. The van der Waals surface area contributed by atoms with Gasteiger partial charge in [0.15, 0.2) is 0 Å². The van der Waals surface area contributed by atoms with Gasteiger partial charge in [0, 0.05) is 18.1 Å². The summed E-state index contributed by atoms with van der Waals surface area (Å²) in [5, 5.41) is 5.89. The van der Waals surface area contributed by atoms with Gasteiger partial charge in [-0.15, -0.1) is 0 Å². The molecule has 0 radical (unpaired) electrons. The summed E-state index contributed by atoms with van der Waals surface area (Å²) >= 11 is 0. The van der Waals surface area contributed by atoms with Crippen molar-refractivity contribution in [2.24, 2.45) is 0 Å². The molecule has 10 heteroatoms. The van der Waals surface area contributed by atoms with Gasteiger partial charge in [-0.2, -0.15) is 0 Å². The smallest absolute Gasteiger partial charge is 0.407 e. The van der Waals surface area contributed by atoms with Gasteiger partial charge in [-0.1, -0.05) is 42.5 Å². The fraction of sp³-hybridized carbons (Fsp3) is 0.314. The normalized spacial score (nSPS) is 11.6. The SMILES string of the molecule is CCOC(=O)C(Cc1cccc(OCCNC(=O)OC(C)(C)C)c1)Nc1cc(-c2ccc(OCc3ccccc3)cc2)ncn1. The van der Waals surface area contributed by atoms with Crippen LogP contribution in [0.2, 0.25) is 0 Å². The zero-order chi connectivity index (χ0) is 32.1. The van der Waals surface area contributed by atoms with E-state index in [4.69, 9.17) is 18.9 Å². The van der Waals surface area contributed by atoms with Crippen LogP contribution in [0.25, 0.3) is 11.3 Å². The molecule has 3 aromatic carbocycles. The number of carbonyl (C=O) groups excluding carboxylic acids is 2. The van der Waals surface area contributed by atoms with E-state index in [-0.39, 0.29) is 19.8 Å². The summed E-state index contributed by atoms with van der Waals surface area (Å²) < 4.78 is 22.3. The number of anilines is 1. The molecule has 0 aliphatic heterocycles. The zero-order valence-corrected chi connectivity index (χ0v) is 26.1. The van der Waals surface area contributed by atoms with Crippen LogP contribution in [0.3, 0.4) is 0 Å². The third-order valence-electron chi connectivity index (χ3n) is 6.34. The van der Waals surface area contributed by atoms with Gasteiger partial charge < -0.3 is 29.6 Å². The molecule has 1 amide bonds. The van der Waals surface area contributed by atoms with Crippen LogP contribution < -0.4 is 20.1 Å². The van der Waals surface area contributed by atoms with Gasteiger partial charge in [-0.05, 0) is 75.2 Å². The van der Waals surface area contributed by atoms with Crippen molar-refractivity contribution < 1.29 is 28.5 Å². The Bertz CT molecular complexity index is 1520. The van der Waals surface area contributed by atoms with E-state index < -0.39 is 23.7 Å². The van der Waals surface area contributed by atoms with Gasteiger partial charge in [0.2, 0.25) is 0 Å². The van der Waals surface area contributed by atoms with Crippen LogP contribution in [0.1, 0.15) is 38.8 Å². The Labute approximate surface area is 264 Å². The molecule has 4 aromatic rings. The summed E-state index contributed by atoms with van der Waals surface area (Å²) in [6.45, 7) is 8.45. The first-order valence-corrected chi connectivity index (χ1v) is 14.9. The maximum Gasteiger partial charge on any atom is 0.407 e. The predicted molar refractivity (Wildman–Crippen MR) is 172 cm³/mol. The zero-order valence-electron chi connectivity index (χ0n) is 26.1. The molecular weight excluding hydrogens is 572 g/mol. The van der Waals surface area contributed by atoms with Crippen LogP contribution in [-0.2, 0) is 27.3 Å². The van der Waals surface area contributed by atoms with Gasteiger partial charge in [-0.25, -0.2) is 19.6 Å². The topological polar surface area (TPSA) is 121 Å². The lowest BCUT2D eigenvalue weighted by Gasteiger charge is -2.20. The van der Waals surface area contributed by atoms with Crippen LogP contribution in [0.4, 0.5) is 10.6 Å². The third kappa shape index (κ3) is 11.1. The standard InChI is InChI=1S/C35H40N4O6/c1-5-42-33(40)31(21-26-12-9-13-29(20-26)43-19-18-36-34(41)45-35(2,3)4)39-32-22-30(37-24-38-32)27-14-16-28(17-15-27)44-23-25-10-7-6-8-11-25/h6-17,20,22,24,31H,5,18-19,21,23H2,1-4H3,(H,36,41)(H,37,38,39). The van der Waals surface area contributed by atoms with E-state index in [2.05, 4.69) is 20.6 Å². The largest absolute Gasteiger partial charge is 0.492 e. The maximum atomic E-state index is 12.9. The average Bonchev–Trinajstić information content (AvgIpc) is 3.02. The highest BCUT2D eigenvalue weighted by atomic mass is 16.6. The van der Waals surface area contributed by atoms with Crippen molar-refractivity contribution in [2.45, 2.75) is 52.4 Å². The maximum absolute atomic E-state index is 12.9. The van der Waals surface area contributed by atoms with Gasteiger partial charge in [0.05, 0.1) is 18.8 Å². The van der Waals surface area contributed by atoms with Crippen LogP contribution in [0.15, 0.2) is 91.3 Å². The van der Waals surface area contributed by atoms with E-state index >= 15 is 0 Å². The van der Waals surface area contributed by atoms with E-state index in [0.717, 1.165) is 22.4 Å². The van der Waals surface area contributed by atoms with Gasteiger partial charge in [-0.3, -0.25) is 0 Å². The Morgan fingerprint density at radius 2 is 1.60 bits per heavy atom. The lowest BCUT2D eigenvalue weighted by molar-refractivity contribution is -0.144. The highest BCUT2D eigenvalue weighted by molar-refractivity contribution is 5.79. The first-order valence-electron chi connectivity index (χ1n) is 14.9. The van der Waals surface area contributed by atoms with Crippen molar-refractivity contribution in [3.05, 3.63) is 102 Å². The minimum absolute atomic E-state index is 0.249. The Kier molecular flexibility index (Phi) is 11.7. The summed E-state index contributed by atoms with van der Waals surface area (Å²) in [6.07, 6.45) is 1.29. The highest BCUT2D eigenvalue weighted by Gasteiger charge is 2.22. The van der Waals surface area contributed by atoms with Gasteiger partial charge >= 0.3 is 12.1 Å². The van der Waals surface area contributed by atoms with Gasteiger partial charge in [0.1, 0.15) is 48.5 Å². The van der Waals surface area contributed by atoms with Crippen LogP contribution in [0.5, 0.6) is 11.5 Å². The molecule has 1 aromatic heterocycles. The number of hydrogen-bond donors (Lipinski definition) is 2. The van der Waals surface area contributed by atoms with Crippen LogP contribution >= 0.6 is 0 Å². The highest BCUT2D eigenvalue weighted by Crippen LogP contribution is 2.24. The van der Waals surface area contributed by atoms with Crippen LogP contribution in [-0.4, -0.2) is 53.4 Å². The number of nitrogens with zero attached hydrogens (tertiary/aromatic N) is 2.